The molecule has 0 aromatic rings. The van der Waals surface area contributed by atoms with Gasteiger partial charge in [-0.15, -0.1) is 0 Å². The van der Waals surface area contributed by atoms with Crippen LogP contribution in [0.3, 0.4) is 0 Å². The maximum absolute atomic E-state index is 6.30. The first kappa shape index (κ1) is 81.1. The number of nitrogens with one attached hydrogen (secondary N) is 1. The summed E-state index contributed by atoms with van der Waals surface area (Å²) in [6, 6.07) is 0. The van der Waals surface area contributed by atoms with Crippen LogP contribution in [-0.2, 0) is 42.6 Å². The molecule has 10 nitrogen and oxygen atoms in total. The maximum atomic E-state index is 6.30. The molecule has 31 fully saturated rings. The molecule has 1 N–H and O–H groups in total. The smallest absolute Gasteiger partial charge is 0.147 e. The molecule has 0 radical (unpaired) electrons. The highest BCUT2D eigenvalue weighted by Crippen LogP contribution is 2.71. The van der Waals surface area contributed by atoms with Gasteiger partial charge in [-0.1, -0.05) is 75.7 Å². The Morgan fingerprint density at radius 2 is 0.963 bits per heavy atom. The average Bonchev–Trinajstić information content (AvgIpc) is 1.64. The van der Waals surface area contributed by atoms with Gasteiger partial charge in [0.05, 0.1) is 86.0 Å². The molecule has 17 heterocycles. The maximum Gasteiger partial charge on any atom is 0.147 e. The molecule has 29 atom stereocenters. The van der Waals surface area contributed by atoms with Crippen LogP contribution >= 0.6 is 23.5 Å². The van der Waals surface area contributed by atoms with E-state index in [2.05, 4.69) is 105 Å². The van der Waals surface area contributed by atoms with Crippen LogP contribution in [0.5, 0.6) is 0 Å². The fourth-order valence-electron chi connectivity index (χ4n) is 29.9. The molecule has 31 rings (SSSR count). The first-order valence-corrected chi connectivity index (χ1v) is 49.7. The Morgan fingerprint density at radius 1 is 0.327 bits per heavy atom. The number of hydrogen-bond acceptors (Lipinski definition) is 12. The summed E-state index contributed by atoms with van der Waals surface area (Å²) in [7, 11) is 0. The Morgan fingerprint density at radius 3 is 1.52 bits per heavy atom. The van der Waals surface area contributed by atoms with Crippen molar-refractivity contribution >= 4 is 23.5 Å². The number of hydrogen-bond donors (Lipinski definition) is 1. The minimum absolute atomic E-state index is 0.411. The number of rotatable bonds is 0. The van der Waals surface area contributed by atoms with Gasteiger partial charge in [0.1, 0.15) is 6.79 Å². The molecule has 0 aromatic carbocycles. The summed E-state index contributed by atoms with van der Waals surface area (Å²) >= 11 is 4.21. The minimum Gasteiger partial charge on any atom is -0.381 e. The molecule has 14 saturated carbocycles. The summed E-state index contributed by atoms with van der Waals surface area (Å²) < 4.78 is 50.9. The van der Waals surface area contributed by atoms with Crippen molar-refractivity contribution in [3.8, 4) is 0 Å². The lowest BCUT2D eigenvalue weighted by Crippen LogP contribution is -2.68. The second-order valence-corrected chi connectivity index (χ2v) is 45.9. The van der Waals surface area contributed by atoms with Crippen LogP contribution in [0.1, 0.15) is 301 Å². The minimum atomic E-state index is 0.411. The molecule has 0 aromatic heterocycles. The quantitative estimate of drug-likeness (QED) is 0.250. The van der Waals surface area contributed by atoms with E-state index >= 15 is 0 Å². The van der Waals surface area contributed by atoms with Gasteiger partial charge in [-0.2, -0.15) is 23.5 Å². The van der Waals surface area contributed by atoms with Crippen molar-refractivity contribution in [1.82, 2.24) is 5.32 Å². The number of fused-ring (bicyclic) bond motifs is 15. The lowest BCUT2D eigenvalue weighted by molar-refractivity contribution is -0.302. The highest BCUT2D eigenvalue weighted by Gasteiger charge is 2.68. The second kappa shape index (κ2) is 36.3. The van der Waals surface area contributed by atoms with Gasteiger partial charge in [0.15, 0.2) is 0 Å². The third-order valence-electron chi connectivity index (χ3n) is 35.0. The standard InChI is InChI=1S/C14H20O.C14H22.C11H16O2.2C10H16O.C7H12O.C7H14S.C6H13N.C6H12O.C5H10O2.C5H10S/c1-14-4-10-8-2-7-3-9(10)12(6-14)13(15-7)11(8)5-14;1-8-6-11-7-12(8)14-10-4-2-9(3-5-10)13(11)14;1-5-4-8-9-6-2-3-7(12-6)10(9)11(5)13-8;1-10-4-7-2-8(5-10)11-9(3-7)6-10;1-6-8-2-7-3-9(5-8)11-10(6)4-7;1-5-4-6-2-3-7(5)8-6;1-7-4-2-3-5-8-6-7;2*1-6-2-4-7-5-3-6;1-5-2-3-6-4-7-5;1-5-2-3-6-4-5/h7-13H,2-6H2,1H3;8-14H,2-7H2,1H3;5-11H,2-4H2,1H3;7-9H,2-6H2,1H3;6-10H,2-5H2,1H3;5-7H,2-4H2,1H3;7H,2-6H2,1H3;6-7H,2-5H2,1H3;6H,2-5H2,1H3;5H,2-4H2,1H3;5H,2-4H2,1H3. The molecule has 612 valence electrons. The van der Waals surface area contributed by atoms with E-state index in [0.717, 1.165) is 144 Å². The van der Waals surface area contributed by atoms with Gasteiger partial charge in [0.25, 0.3) is 0 Å². The van der Waals surface area contributed by atoms with Crippen LogP contribution in [-0.4, -0.2) is 142 Å². The number of ether oxygens (including phenoxy) is 9. The molecule has 0 amide bonds. The lowest BCUT2D eigenvalue weighted by atomic mass is 9.38. The number of piperidine rings is 1. The van der Waals surface area contributed by atoms with Crippen molar-refractivity contribution in [2.75, 3.05) is 62.7 Å². The van der Waals surface area contributed by atoms with Gasteiger partial charge in [0, 0.05) is 25.0 Å². The highest BCUT2D eigenvalue weighted by atomic mass is 32.2. The van der Waals surface area contributed by atoms with Crippen molar-refractivity contribution in [3.63, 3.8) is 0 Å². The van der Waals surface area contributed by atoms with Gasteiger partial charge in [-0.05, 0) is 402 Å². The fraction of sp³-hybridized carbons (Fsp3) is 1.00. The highest BCUT2D eigenvalue weighted by molar-refractivity contribution is 7.99. The van der Waals surface area contributed by atoms with Crippen molar-refractivity contribution in [2.24, 2.45) is 153 Å². The van der Waals surface area contributed by atoms with E-state index < -0.39 is 0 Å². The summed E-state index contributed by atoms with van der Waals surface area (Å²) in [4.78, 5) is 0. The topological polar surface area (TPSA) is 95.1 Å². The SMILES string of the molecule is CC12CC3C4CC5CC3C(C1)C(O5)C4C2.CC12CC3CC(C1)OC(C3)C2.CC1C2CC3CC(C2)OC1C3.CC1CC2CC1C1C3CCC(CC3)C21.CC1CC2CCC1O2.CC1CC2OC1C1C3CCC(O3)C21.CC1CCCCSC1.CC1CCNCC1.CC1CCOCC1.CC1CCOCO1.CC1CCSC1. The third-order valence-corrected chi connectivity index (χ3v) is 37.7. The Balaban J connectivity index is 0.0000000912. The molecule has 0 spiro atoms. The zero-order valence-corrected chi connectivity index (χ0v) is 71.8. The molecule has 107 heavy (non-hydrogen) atoms. The third kappa shape index (κ3) is 19.1. The van der Waals surface area contributed by atoms with E-state index in [9.17, 15) is 0 Å². The van der Waals surface area contributed by atoms with E-state index in [1.807, 2.05) is 0 Å². The van der Waals surface area contributed by atoms with E-state index in [4.69, 9.17) is 42.6 Å². The van der Waals surface area contributed by atoms with Gasteiger partial charge >= 0.3 is 0 Å². The predicted octanol–water partition coefficient (Wildman–Crippen LogP) is 21.8. The van der Waals surface area contributed by atoms with Crippen molar-refractivity contribution < 1.29 is 42.6 Å². The molecule has 31 aliphatic rings. The summed E-state index contributed by atoms with van der Waals surface area (Å²) in [5.41, 5.74) is 1.39. The van der Waals surface area contributed by atoms with Crippen molar-refractivity contribution in [3.05, 3.63) is 0 Å². The first-order chi connectivity index (χ1) is 51.8. The van der Waals surface area contributed by atoms with Gasteiger partial charge in [-0.3, -0.25) is 0 Å². The number of thioether (sulfide) groups is 2. The molecule has 17 saturated heterocycles. The van der Waals surface area contributed by atoms with E-state index in [0.29, 0.717) is 91.6 Å². The summed E-state index contributed by atoms with van der Waals surface area (Å²) in [5, 5.41) is 3.32. The molecule has 29 unspecified atom stereocenters. The zero-order valence-electron chi connectivity index (χ0n) is 70.2. The summed E-state index contributed by atoms with van der Waals surface area (Å²) in [6.07, 6.45) is 57.5. The molecule has 12 heteroatoms. The normalized spacial score (nSPS) is 53.0. The Labute approximate surface area is 663 Å². The van der Waals surface area contributed by atoms with Crippen LogP contribution in [0.25, 0.3) is 0 Å². The van der Waals surface area contributed by atoms with Crippen molar-refractivity contribution in [1.29, 1.82) is 0 Å². The Kier molecular flexibility index (Phi) is 27.5. The molecular weight excluding hydrogens is 1360 g/mol. The molecule has 14 aliphatic carbocycles. The fourth-order valence-corrected chi connectivity index (χ4v) is 32.4. The Hall–Kier alpha value is 0.300. The summed E-state index contributed by atoms with van der Waals surface area (Å²) in [5.74, 6) is 30.0. The Bertz CT molecular complexity index is 2550. The van der Waals surface area contributed by atoms with E-state index in [1.54, 1.807) is 44.9 Å². The van der Waals surface area contributed by atoms with Crippen LogP contribution in [0, 0.1) is 153 Å². The van der Waals surface area contributed by atoms with Crippen LogP contribution in [0.2, 0.25) is 0 Å². The van der Waals surface area contributed by atoms with Crippen LogP contribution in [0.15, 0.2) is 0 Å². The average molecular weight is 1530 g/mol. The molecule has 26 bridgehead atoms. The van der Waals surface area contributed by atoms with Crippen LogP contribution in [0.4, 0.5) is 0 Å². The van der Waals surface area contributed by atoms with Gasteiger partial charge < -0.3 is 47.9 Å². The monoisotopic (exact) mass is 1520 g/mol. The largest absolute Gasteiger partial charge is 0.381 e. The van der Waals surface area contributed by atoms with Crippen LogP contribution < -0.4 is 5.32 Å². The molecular formula is C95H161NO9S2. The second-order valence-electron chi connectivity index (χ2n) is 43.6. The van der Waals surface area contributed by atoms with E-state index in [1.165, 1.54) is 239 Å². The predicted molar refractivity (Wildman–Crippen MR) is 439 cm³/mol. The van der Waals surface area contributed by atoms with Crippen molar-refractivity contribution in [2.45, 2.75) is 380 Å². The van der Waals surface area contributed by atoms with Gasteiger partial charge in [0.2, 0.25) is 0 Å². The summed E-state index contributed by atoms with van der Waals surface area (Å²) in [6.45, 7) is 31.7. The van der Waals surface area contributed by atoms with Gasteiger partial charge in [-0.25, -0.2) is 0 Å². The lowest BCUT2D eigenvalue weighted by Gasteiger charge is -2.71. The molecule has 17 aliphatic heterocycles. The first-order valence-electron chi connectivity index (χ1n) is 47.4. The zero-order chi connectivity index (χ0) is 73.7. The van der Waals surface area contributed by atoms with E-state index in [-0.39, 0.29) is 0 Å².